The van der Waals surface area contributed by atoms with Crippen LogP contribution in [0.5, 0.6) is 0 Å². The highest BCUT2D eigenvalue weighted by Crippen LogP contribution is 2.09. The second-order valence-corrected chi connectivity index (χ2v) is 8.12. The third-order valence-corrected chi connectivity index (χ3v) is 5.23. The Morgan fingerprint density at radius 1 is 0.774 bits per heavy atom. The first-order valence-electron chi connectivity index (χ1n) is 11.5. The van der Waals surface area contributed by atoms with Crippen LogP contribution in [-0.4, -0.2) is 55.2 Å². The number of hydrogen-bond donors (Lipinski definition) is 5. The minimum atomic E-state index is -0.767. The number of carbonyl (C=O) groups is 4. The lowest BCUT2D eigenvalue weighted by molar-refractivity contribution is -0.132. The zero-order valence-corrected chi connectivity index (χ0v) is 19.5. The van der Waals surface area contributed by atoms with E-state index in [1.165, 1.54) is 13.3 Å². The lowest BCUT2D eigenvalue weighted by Gasteiger charge is -2.22. The first kappa shape index (κ1) is 29.0. The smallest absolute Gasteiger partial charge is 0.243 e. The largest absolute Gasteiger partial charge is 0.347 e. The predicted octanol–water partition coefficient (Wildman–Crippen LogP) is 0.746. The summed E-state index contributed by atoms with van der Waals surface area (Å²) in [6.07, 6.45) is 7.65. The zero-order valence-electron chi connectivity index (χ0n) is 19.5. The molecule has 3 amide bonds. The molecule has 0 aromatic carbocycles. The lowest BCUT2D eigenvalue weighted by atomic mass is 10.0. The Bertz CT molecular complexity index is 556. The Balaban J connectivity index is 4.83. The van der Waals surface area contributed by atoms with Gasteiger partial charge in [0.15, 0.2) is 5.78 Å². The highest BCUT2D eigenvalue weighted by molar-refractivity contribution is 5.93. The Labute approximate surface area is 186 Å². The normalized spacial score (nSPS) is 13.7. The number of unbranched alkanes of at least 4 members (excludes halogenated alkanes) is 5. The molecule has 0 saturated carbocycles. The van der Waals surface area contributed by atoms with Gasteiger partial charge in [-0.2, -0.15) is 0 Å². The Morgan fingerprint density at radius 2 is 1.39 bits per heavy atom. The van der Waals surface area contributed by atoms with Crippen LogP contribution in [0.4, 0.5) is 0 Å². The molecular weight excluding hydrogens is 398 g/mol. The van der Waals surface area contributed by atoms with Crippen molar-refractivity contribution in [2.45, 2.75) is 90.6 Å². The predicted molar refractivity (Wildman–Crippen MR) is 122 cm³/mol. The third-order valence-electron chi connectivity index (χ3n) is 5.23. The number of amides is 3. The molecule has 31 heavy (non-hydrogen) atoms. The van der Waals surface area contributed by atoms with Crippen LogP contribution in [0.3, 0.4) is 0 Å². The molecule has 0 bridgehead atoms. The topological polar surface area (TPSA) is 156 Å². The molecule has 9 nitrogen and oxygen atoms in total. The number of nitrogens with one attached hydrogen (secondary N) is 3. The Kier molecular flexibility index (Phi) is 16.5. The molecule has 0 aromatic heterocycles. The fourth-order valence-electron chi connectivity index (χ4n) is 3.18. The summed E-state index contributed by atoms with van der Waals surface area (Å²) >= 11 is 0. The molecule has 3 atom stereocenters. The molecule has 0 spiro atoms. The maximum absolute atomic E-state index is 12.7. The van der Waals surface area contributed by atoms with Crippen molar-refractivity contribution in [3.05, 3.63) is 0 Å². The Hall–Kier alpha value is -2.00. The molecule has 3 unspecified atom stereocenters. The van der Waals surface area contributed by atoms with Gasteiger partial charge in [-0.05, 0) is 39.3 Å². The Morgan fingerprint density at radius 3 is 1.97 bits per heavy atom. The van der Waals surface area contributed by atoms with Gasteiger partial charge in [0.05, 0.1) is 12.6 Å². The lowest BCUT2D eigenvalue weighted by Crippen LogP contribution is -2.53. The molecule has 0 aliphatic heterocycles. The summed E-state index contributed by atoms with van der Waals surface area (Å²) in [6, 6.07) is -1.44. The van der Waals surface area contributed by atoms with Gasteiger partial charge >= 0.3 is 0 Å². The highest BCUT2D eigenvalue weighted by Gasteiger charge is 2.25. The second-order valence-electron chi connectivity index (χ2n) is 8.12. The van der Waals surface area contributed by atoms with E-state index in [2.05, 4.69) is 22.9 Å². The standard InChI is InChI=1S/C22H43N5O4/c1-4-5-6-7-8-9-10-19(22(31)27-18(12-14-24)17(3)28)26-20(29)15-25-21(30)16(2)11-13-23/h16,18-19H,4-15,23-24H2,1-3H3,(H,25,30)(H,26,29)(H,27,31). The number of nitrogens with two attached hydrogens (primary N) is 2. The number of hydrogen-bond acceptors (Lipinski definition) is 6. The van der Waals surface area contributed by atoms with E-state index < -0.39 is 23.9 Å². The summed E-state index contributed by atoms with van der Waals surface area (Å²) in [5.74, 6) is -1.56. The van der Waals surface area contributed by atoms with Crippen molar-refractivity contribution >= 4 is 23.5 Å². The molecule has 0 aromatic rings. The van der Waals surface area contributed by atoms with E-state index >= 15 is 0 Å². The van der Waals surface area contributed by atoms with Gasteiger partial charge in [-0.3, -0.25) is 19.2 Å². The molecule has 7 N–H and O–H groups in total. The molecule has 9 heteroatoms. The molecule has 0 saturated heterocycles. The summed E-state index contributed by atoms with van der Waals surface area (Å²) in [5.41, 5.74) is 11.0. The van der Waals surface area contributed by atoms with E-state index in [-0.39, 0.29) is 30.7 Å². The van der Waals surface area contributed by atoms with Crippen molar-refractivity contribution < 1.29 is 19.2 Å². The highest BCUT2D eigenvalue weighted by atomic mass is 16.2. The molecule has 0 rings (SSSR count). The monoisotopic (exact) mass is 441 g/mol. The first-order valence-corrected chi connectivity index (χ1v) is 11.5. The number of ketones is 1. The second kappa shape index (κ2) is 17.7. The quantitative estimate of drug-likeness (QED) is 0.198. The van der Waals surface area contributed by atoms with Gasteiger partial charge < -0.3 is 27.4 Å². The number of carbonyl (C=O) groups excluding carboxylic acids is 4. The van der Waals surface area contributed by atoms with E-state index in [0.29, 0.717) is 25.8 Å². The van der Waals surface area contributed by atoms with Crippen LogP contribution in [0.25, 0.3) is 0 Å². The van der Waals surface area contributed by atoms with E-state index in [1.54, 1.807) is 6.92 Å². The minimum absolute atomic E-state index is 0.176. The van der Waals surface area contributed by atoms with Gasteiger partial charge in [0.25, 0.3) is 0 Å². The van der Waals surface area contributed by atoms with Gasteiger partial charge in [0.1, 0.15) is 6.04 Å². The van der Waals surface area contributed by atoms with Crippen LogP contribution in [0.2, 0.25) is 0 Å². The first-order chi connectivity index (χ1) is 14.8. The number of Topliss-reactive ketones (excluding diaryl/α,β-unsaturated/α-hetero) is 1. The fraction of sp³-hybridized carbons (Fsp3) is 0.818. The SMILES string of the molecule is CCCCCCCCC(NC(=O)CNC(=O)C(C)CCN)C(=O)NC(CCN)C(C)=O. The van der Waals surface area contributed by atoms with Crippen LogP contribution in [0, 0.1) is 5.92 Å². The van der Waals surface area contributed by atoms with Crippen molar-refractivity contribution in [1.29, 1.82) is 0 Å². The van der Waals surface area contributed by atoms with Gasteiger partial charge in [-0.25, -0.2) is 0 Å². The zero-order chi connectivity index (χ0) is 23.6. The number of rotatable bonds is 18. The van der Waals surface area contributed by atoms with Crippen molar-refractivity contribution in [3.8, 4) is 0 Å². The maximum Gasteiger partial charge on any atom is 0.243 e. The average Bonchev–Trinajstić information content (AvgIpc) is 2.73. The van der Waals surface area contributed by atoms with Crippen molar-refractivity contribution in [3.63, 3.8) is 0 Å². The van der Waals surface area contributed by atoms with E-state index in [9.17, 15) is 19.2 Å². The summed E-state index contributed by atoms with van der Waals surface area (Å²) in [5, 5.41) is 7.97. The summed E-state index contributed by atoms with van der Waals surface area (Å²) in [4.78, 5) is 48.8. The van der Waals surface area contributed by atoms with Gasteiger partial charge in [0, 0.05) is 5.92 Å². The summed E-state index contributed by atoms with van der Waals surface area (Å²) in [6.45, 7) is 5.74. The third kappa shape index (κ3) is 13.8. The fourth-order valence-corrected chi connectivity index (χ4v) is 3.18. The average molecular weight is 442 g/mol. The van der Waals surface area contributed by atoms with Gasteiger partial charge in [-0.1, -0.05) is 52.4 Å². The van der Waals surface area contributed by atoms with Crippen LogP contribution in [-0.2, 0) is 19.2 Å². The molecule has 0 radical (unpaired) electrons. The van der Waals surface area contributed by atoms with Crippen molar-refractivity contribution in [1.82, 2.24) is 16.0 Å². The van der Waals surface area contributed by atoms with Crippen LogP contribution < -0.4 is 27.4 Å². The van der Waals surface area contributed by atoms with E-state index in [0.717, 1.165) is 32.1 Å². The van der Waals surface area contributed by atoms with Gasteiger partial charge in [0.2, 0.25) is 17.7 Å². The van der Waals surface area contributed by atoms with Crippen LogP contribution >= 0.6 is 0 Å². The van der Waals surface area contributed by atoms with Gasteiger partial charge in [-0.15, -0.1) is 0 Å². The van der Waals surface area contributed by atoms with Crippen molar-refractivity contribution in [2.24, 2.45) is 17.4 Å². The van der Waals surface area contributed by atoms with Crippen LogP contribution in [0.1, 0.15) is 78.6 Å². The molecule has 0 aliphatic carbocycles. The maximum atomic E-state index is 12.7. The molecular formula is C22H43N5O4. The molecule has 180 valence electrons. The minimum Gasteiger partial charge on any atom is -0.347 e. The summed E-state index contributed by atoms with van der Waals surface area (Å²) < 4.78 is 0. The molecule has 0 aliphatic rings. The van der Waals surface area contributed by atoms with E-state index in [4.69, 9.17) is 11.5 Å². The molecule has 0 heterocycles. The molecule has 0 fully saturated rings. The van der Waals surface area contributed by atoms with Crippen LogP contribution in [0.15, 0.2) is 0 Å². The van der Waals surface area contributed by atoms with E-state index in [1.807, 2.05) is 0 Å². The summed E-state index contributed by atoms with van der Waals surface area (Å²) in [7, 11) is 0. The van der Waals surface area contributed by atoms with Crippen molar-refractivity contribution in [2.75, 3.05) is 19.6 Å².